The van der Waals surface area contributed by atoms with Gasteiger partial charge in [-0.2, -0.15) is 0 Å². The molecular weight excluding hydrogens is 496 g/mol. The molecule has 0 spiro atoms. The molecule has 0 aliphatic heterocycles. The molecule has 202 valence electrons. The first-order valence-corrected chi connectivity index (χ1v) is 13.3. The Morgan fingerprint density at radius 1 is 1.08 bits per heavy atom. The van der Waals surface area contributed by atoms with Crippen LogP contribution in [-0.2, 0) is 20.8 Å². The predicted octanol–water partition coefficient (Wildman–Crippen LogP) is 3.83. The fourth-order valence-electron chi connectivity index (χ4n) is 6.82. The van der Waals surface area contributed by atoms with Gasteiger partial charge in [-0.1, -0.05) is 68.0 Å². The average molecular weight is 529 g/mol. The van der Waals surface area contributed by atoms with Crippen molar-refractivity contribution in [3.05, 3.63) is 75.4 Å². The van der Waals surface area contributed by atoms with Crippen LogP contribution >= 0.6 is 0 Å². The molecule has 0 saturated heterocycles. The van der Waals surface area contributed by atoms with Crippen molar-refractivity contribution in [3.63, 3.8) is 0 Å². The van der Waals surface area contributed by atoms with Gasteiger partial charge >= 0.3 is 0 Å². The average Bonchev–Trinajstić information content (AvgIpc) is 2.90. The van der Waals surface area contributed by atoms with Crippen molar-refractivity contribution in [2.24, 2.45) is 17.8 Å². The summed E-state index contributed by atoms with van der Waals surface area (Å²) < 4.78 is 0. The van der Waals surface area contributed by atoms with E-state index in [-0.39, 0.29) is 23.3 Å². The minimum Gasteiger partial charge on any atom is -0.507 e. The van der Waals surface area contributed by atoms with Crippen LogP contribution in [0.3, 0.4) is 0 Å². The predicted molar refractivity (Wildman–Crippen MR) is 145 cm³/mol. The van der Waals surface area contributed by atoms with E-state index in [4.69, 9.17) is 0 Å². The minimum atomic E-state index is -2.69. The standard InChI is InChI=1S/C32H32O7/c1-5-18-6-8-19(9-7-18)10-11-20-12-13-21-16(3)24-26(29(36)25(21)27(20)34)31(38)32(39)22(28(24)35)14-15(2)23(17(4)33)30(32)37/h6-13,16,22,24,26,28,34-35,39H,5,14H2,1-4H3/b11-10+. The number of rotatable bonds is 4. The zero-order valence-electron chi connectivity index (χ0n) is 22.4. The Morgan fingerprint density at radius 3 is 2.36 bits per heavy atom. The third-order valence-electron chi connectivity index (χ3n) is 8.95. The Bertz CT molecular complexity index is 1480. The van der Waals surface area contributed by atoms with E-state index in [1.54, 1.807) is 32.1 Å². The molecule has 3 N–H and O–H groups in total. The van der Waals surface area contributed by atoms with Gasteiger partial charge in [0.2, 0.25) is 5.78 Å². The van der Waals surface area contributed by atoms with Gasteiger partial charge < -0.3 is 15.3 Å². The lowest BCUT2D eigenvalue weighted by molar-refractivity contribution is -0.179. The highest BCUT2D eigenvalue weighted by Crippen LogP contribution is 2.54. The number of aromatic hydroxyl groups is 1. The molecule has 1 saturated carbocycles. The highest BCUT2D eigenvalue weighted by molar-refractivity contribution is 6.33. The normalized spacial score (nSPS) is 30.3. The van der Waals surface area contributed by atoms with Crippen molar-refractivity contribution in [2.75, 3.05) is 0 Å². The number of benzene rings is 2. The van der Waals surface area contributed by atoms with E-state index in [2.05, 4.69) is 6.92 Å². The van der Waals surface area contributed by atoms with Gasteiger partial charge in [0.1, 0.15) is 5.75 Å². The van der Waals surface area contributed by atoms with Crippen LogP contribution in [0.2, 0.25) is 0 Å². The summed E-state index contributed by atoms with van der Waals surface area (Å²) in [5.41, 5.74) is 0.385. The number of aliphatic hydroxyl groups is 2. The lowest BCUT2D eigenvalue weighted by atomic mass is 9.51. The maximum absolute atomic E-state index is 13.9. The van der Waals surface area contributed by atoms with Crippen LogP contribution in [0.5, 0.6) is 5.75 Å². The molecule has 2 aromatic carbocycles. The lowest BCUT2D eigenvalue weighted by Crippen LogP contribution is -2.69. The van der Waals surface area contributed by atoms with Crippen LogP contribution in [0, 0.1) is 17.8 Å². The Balaban J connectivity index is 1.57. The fraction of sp³-hybridized carbons (Fsp3) is 0.375. The molecule has 0 bridgehead atoms. The van der Waals surface area contributed by atoms with Gasteiger partial charge in [0.25, 0.3) is 0 Å². The van der Waals surface area contributed by atoms with Gasteiger partial charge in [-0.05, 0) is 49.3 Å². The van der Waals surface area contributed by atoms with E-state index in [1.165, 1.54) is 12.5 Å². The Kier molecular flexibility index (Phi) is 6.56. The molecule has 6 unspecified atom stereocenters. The second-order valence-electron chi connectivity index (χ2n) is 11.1. The smallest absolute Gasteiger partial charge is 0.205 e. The maximum atomic E-state index is 13.9. The summed E-state index contributed by atoms with van der Waals surface area (Å²) in [5.74, 6) is -7.82. The summed E-state index contributed by atoms with van der Waals surface area (Å²) >= 11 is 0. The minimum absolute atomic E-state index is 0.0186. The van der Waals surface area contributed by atoms with Crippen molar-refractivity contribution >= 4 is 35.3 Å². The highest BCUT2D eigenvalue weighted by atomic mass is 16.3. The first-order valence-electron chi connectivity index (χ1n) is 13.3. The van der Waals surface area contributed by atoms with Crippen LogP contribution in [-0.4, -0.2) is 50.2 Å². The molecule has 3 aliphatic rings. The summed E-state index contributed by atoms with van der Waals surface area (Å²) in [4.78, 5) is 53.2. The first kappa shape index (κ1) is 26.9. The number of fused-ring (bicyclic) bond motifs is 3. The topological polar surface area (TPSA) is 129 Å². The second-order valence-corrected chi connectivity index (χ2v) is 11.1. The zero-order valence-corrected chi connectivity index (χ0v) is 22.4. The third kappa shape index (κ3) is 3.86. The van der Waals surface area contributed by atoms with Gasteiger partial charge in [-0.3, -0.25) is 19.2 Å². The molecule has 0 radical (unpaired) electrons. The number of hydrogen-bond donors (Lipinski definition) is 3. The summed E-state index contributed by atoms with van der Waals surface area (Å²) in [7, 11) is 0. The van der Waals surface area contributed by atoms with Crippen molar-refractivity contribution in [1.29, 1.82) is 0 Å². The number of phenolic OH excluding ortho intramolecular Hbond substituents is 1. The lowest BCUT2D eigenvalue weighted by Gasteiger charge is -2.52. The van der Waals surface area contributed by atoms with Crippen molar-refractivity contribution in [2.45, 2.75) is 58.2 Å². The molecule has 5 rings (SSSR count). The summed E-state index contributed by atoms with van der Waals surface area (Å²) in [6.07, 6.45) is 3.03. The third-order valence-corrected chi connectivity index (χ3v) is 8.95. The Hall–Kier alpha value is -3.68. The van der Waals surface area contributed by atoms with Crippen molar-refractivity contribution in [1.82, 2.24) is 0 Å². The van der Waals surface area contributed by atoms with E-state index in [1.807, 2.05) is 30.3 Å². The quantitative estimate of drug-likeness (QED) is 0.313. The summed E-state index contributed by atoms with van der Waals surface area (Å²) in [5, 5.41) is 34.2. The molecule has 6 atom stereocenters. The molecule has 39 heavy (non-hydrogen) atoms. The number of aliphatic hydroxyl groups excluding tert-OH is 1. The number of Topliss-reactive ketones (excluding diaryl/α,β-unsaturated/α-hetero) is 4. The number of carbonyl (C=O) groups excluding carboxylic acids is 4. The molecule has 0 aromatic heterocycles. The van der Waals surface area contributed by atoms with E-state index in [0.717, 1.165) is 12.0 Å². The molecular formula is C32H32O7. The molecule has 0 amide bonds. The summed E-state index contributed by atoms with van der Waals surface area (Å²) in [6, 6.07) is 11.3. The van der Waals surface area contributed by atoms with E-state index >= 15 is 0 Å². The number of ketones is 4. The van der Waals surface area contributed by atoms with E-state index in [0.29, 0.717) is 16.7 Å². The van der Waals surface area contributed by atoms with Crippen LogP contribution < -0.4 is 0 Å². The Morgan fingerprint density at radius 2 is 1.74 bits per heavy atom. The SMILES string of the molecule is CCc1ccc(/C=C/c2ccc3c(c2O)C(=O)C2C(=O)C4(O)C(=O)C(C(C)=O)=C(C)CC4C(O)C2C3C)cc1. The number of hydrogen-bond acceptors (Lipinski definition) is 7. The van der Waals surface area contributed by atoms with Crippen molar-refractivity contribution < 1.29 is 34.5 Å². The fourth-order valence-corrected chi connectivity index (χ4v) is 6.82. The number of phenols is 1. The van der Waals surface area contributed by atoms with Gasteiger partial charge in [0.05, 0.1) is 23.2 Å². The van der Waals surface area contributed by atoms with Gasteiger partial charge in [-0.15, -0.1) is 0 Å². The molecule has 0 heterocycles. The summed E-state index contributed by atoms with van der Waals surface area (Å²) in [6.45, 7) is 6.59. The van der Waals surface area contributed by atoms with E-state index in [9.17, 15) is 34.5 Å². The van der Waals surface area contributed by atoms with Crippen LogP contribution in [0.4, 0.5) is 0 Å². The number of carbonyl (C=O) groups is 4. The molecule has 1 fully saturated rings. The zero-order chi connectivity index (χ0) is 28.4. The molecule has 2 aromatic rings. The molecule has 7 nitrogen and oxygen atoms in total. The molecule has 3 aliphatic carbocycles. The van der Waals surface area contributed by atoms with Gasteiger partial charge in [0, 0.05) is 17.4 Å². The van der Waals surface area contributed by atoms with E-state index < -0.39 is 58.5 Å². The Labute approximate surface area is 226 Å². The number of allylic oxidation sites excluding steroid dienone is 1. The van der Waals surface area contributed by atoms with Crippen LogP contribution in [0.1, 0.15) is 72.6 Å². The molecule has 7 heteroatoms. The number of aryl methyl sites for hydroxylation is 1. The van der Waals surface area contributed by atoms with Crippen LogP contribution in [0.15, 0.2) is 47.5 Å². The van der Waals surface area contributed by atoms with Crippen molar-refractivity contribution in [3.8, 4) is 5.75 Å². The first-order chi connectivity index (χ1) is 18.4. The van der Waals surface area contributed by atoms with Crippen LogP contribution in [0.25, 0.3) is 12.2 Å². The monoisotopic (exact) mass is 528 g/mol. The highest BCUT2D eigenvalue weighted by Gasteiger charge is 2.67. The largest absolute Gasteiger partial charge is 0.507 e. The maximum Gasteiger partial charge on any atom is 0.205 e. The second kappa shape index (κ2) is 9.50. The van der Waals surface area contributed by atoms with Gasteiger partial charge in [0.15, 0.2) is 23.0 Å². The van der Waals surface area contributed by atoms with Gasteiger partial charge in [-0.25, -0.2) is 0 Å².